The topological polar surface area (TPSA) is 65.2 Å². The van der Waals surface area contributed by atoms with Gasteiger partial charge < -0.3 is 10.5 Å². The van der Waals surface area contributed by atoms with Crippen molar-refractivity contribution in [2.75, 3.05) is 5.73 Å². The number of pyridine rings is 1. The van der Waals surface area contributed by atoms with Crippen LogP contribution in [-0.2, 0) is 11.3 Å². The molecule has 0 aliphatic heterocycles. The molecule has 18 heavy (non-hydrogen) atoms. The van der Waals surface area contributed by atoms with Crippen LogP contribution in [0.15, 0.2) is 42.6 Å². The van der Waals surface area contributed by atoms with Gasteiger partial charge in [-0.05, 0) is 18.2 Å². The molecule has 2 rings (SSSR count). The van der Waals surface area contributed by atoms with E-state index in [2.05, 4.69) is 4.98 Å². The number of ether oxygens (including phenoxy) is 1. The smallest absolute Gasteiger partial charge is 0.340 e. The number of anilines is 1. The van der Waals surface area contributed by atoms with Gasteiger partial charge in [-0.2, -0.15) is 0 Å². The Morgan fingerprint density at radius 3 is 2.72 bits per heavy atom. The molecule has 2 aromatic rings. The first-order chi connectivity index (χ1) is 8.66. The molecule has 92 valence electrons. The number of carbonyl (C=O) groups excluding carboxylic acids is 1. The highest BCUT2D eigenvalue weighted by atomic mass is 19.1. The first kappa shape index (κ1) is 12.0. The Morgan fingerprint density at radius 1 is 1.28 bits per heavy atom. The average molecular weight is 246 g/mol. The molecular formula is C13H11FN2O2. The fourth-order valence-electron chi connectivity index (χ4n) is 1.37. The summed E-state index contributed by atoms with van der Waals surface area (Å²) in [4.78, 5) is 15.4. The van der Waals surface area contributed by atoms with Crippen LogP contribution in [0, 0.1) is 5.82 Å². The number of halogens is 1. The first-order valence-electron chi connectivity index (χ1n) is 5.29. The maximum absolute atomic E-state index is 13.3. The van der Waals surface area contributed by atoms with Gasteiger partial charge in [-0.3, -0.25) is 0 Å². The zero-order valence-electron chi connectivity index (χ0n) is 9.47. The van der Waals surface area contributed by atoms with Gasteiger partial charge in [0, 0.05) is 11.8 Å². The number of benzene rings is 1. The summed E-state index contributed by atoms with van der Waals surface area (Å²) in [6.45, 7) is -0.115. The number of carbonyl (C=O) groups is 1. The molecule has 1 heterocycles. The van der Waals surface area contributed by atoms with Crippen LogP contribution in [0.5, 0.6) is 0 Å². The van der Waals surface area contributed by atoms with Crippen LogP contribution < -0.4 is 5.73 Å². The van der Waals surface area contributed by atoms with E-state index in [1.807, 2.05) is 0 Å². The van der Waals surface area contributed by atoms with Crippen LogP contribution in [0.1, 0.15) is 15.9 Å². The Labute approximate surface area is 103 Å². The van der Waals surface area contributed by atoms with E-state index in [9.17, 15) is 9.18 Å². The lowest BCUT2D eigenvalue weighted by Crippen LogP contribution is -2.07. The Balaban J connectivity index is 2.01. The van der Waals surface area contributed by atoms with E-state index in [0.29, 0.717) is 11.4 Å². The minimum Gasteiger partial charge on any atom is -0.457 e. The Bertz CT molecular complexity index is 555. The predicted molar refractivity (Wildman–Crippen MR) is 64.2 cm³/mol. The third-order valence-electron chi connectivity index (χ3n) is 2.34. The molecule has 0 amide bonds. The van der Waals surface area contributed by atoms with Crippen LogP contribution >= 0.6 is 0 Å². The van der Waals surface area contributed by atoms with E-state index >= 15 is 0 Å². The van der Waals surface area contributed by atoms with Crippen molar-refractivity contribution in [3.05, 3.63) is 59.5 Å². The molecule has 1 aromatic carbocycles. The van der Waals surface area contributed by atoms with Crippen LogP contribution in [0.2, 0.25) is 0 Å². The van der Waals surface area contributed by atoms with Crippen molar-refractivity contribution in [3.63, 3.8) is 0 Å². The van der Waals surface area contributed by atoms with Crippen molar-refractivity contribution in [3.8, 4) is 0 Å². The molecule has 0 aliphatic carbocycles. The van der Waals surface area contributed by atoms with Crippen molar-refractivity contribution in [2.24, 2.45) is 0 Å². The van der Waals surface area contributed by atoms with Crippen LogP contribution in [0.25, 0.3) is 0 Å². The maximum atomic E-state index is 13.3. The number of esters is 1. The van der Waals surface area contributed by atoms with Crippen LogP contribution in [-0.4, -0.2) is 11.0 Å². The summed E-state index contributed by atoms with van der Waals surface area (Å²) in [5.41, 5.74) is 6.01. The largest absolute Gasteiger partial charge is 0.457 e. The highest BCUT2D eigenvalue weighted by molar-refractivity contribution is 5.89. The van der Waals surface area contributed by atoms with Gasteiger partial charge in [-0.15, -0.1) is 0 Å². The van der Waals surface area contributed by atoms with E-state index in [4.69, 9.17) is 10.5 Å². The molecule has 0 spiro atoms. The van der Waals surface area contributed by atoms with Gasteiger partial charge in [-0.1, -0.05) is 18.2 Å². The second kappa shape index (κ2) is 5.27. The summed E-state index contributed by atoms with van der Waals surface area (Å²) < 4.78 is 18.3. The summed E-state index contributed by atoms with van der Waals surface area (Å²) in [7, 11) is 0. The lowest BCUT2D eigenvalue weighted by molar-refractivity contribution is 0.0468. The van der Waals surface area contributed by atoms with Crippen molar-refractivity contribution < 1.29 is 13.9 Å². The highest BCUT2D eigenvalue weighted by Gasteiger charge is 2.09. The fourth-order valence-corrected chi connectivity index (χ4v) is 1.37. The SMILES string of the molecule is Nc1ccc(C(=O)OCc2ccccc2F)cn1. The standard InChI is InChI=1S/C13H11FN2O2/c14-11-4-2-1-3-10(11)8-18-13(17)9-5-6-12(15)16-7-9/h1-7H,8H2,(H2,15,16). The molecule has 0 fully saturated rings. The van der Waals surface area contributed by atoms with Crippen molar-refractivity contribution >= 4 is 11.8 Å². The summed E-state index contributed by atoms with van der Waals surface area (Å²) >= 11 is 0. The van der Waals surface area contributed by atoms with Gasteiger partial charge >= 0.3 is 5.97 Å². The van der Waals surface area contributed by atoms with Gasteiger partial charge in [0.05, 0.1) is 5.56 Å². The molecule has 0 radical (unpaired) electrons. The maximum Gasteiger partial charge on any atom is 0.340 e. The van der Waals surface area contributed by atoms with Crippen molar-refractivity contribution in [1.82, 2.24) is 4.98 Å². The molecule has 4 nitrogen and oxygen atoms in total. The molecule has 0 aliphatic rings. The normalized spacial score (nSPS) is 10.1. The van der Waals surface area contributed by atoms with Gasteiger partial charge in [0.25, 0.3) is 0 Å². The summed E-state index contributed by atoms with van der Waals surface area (Å²) in [5, 5.41) is 0. The third-order valence-corrected chi connectivity index (χ3v) is 2.34. The Kier molecular flexibility index (Phi) is 3.52. The molecule has 0 saturated heterocycles. The lowest BCUT2D eigenvalue weighted by atomic mass is 10.2. The predicted octanol–water partition coefficient (Wildman–Crippen LogP) is 2.16. The summed E-state index contributed by atoms with van der Waals surface area (Å²) in [6, 6.07) is 9.13. The quantitative estimate of drug-likeness (QED) is 0.843. The molecule has 0 unspecified atom stereocenters. The van der Waals surface area contributed by atoms with E-state index in [1.165, 1.54) is 24.4 Å². The lowest BCUT2D eigenvalue weighted by Gasteiger charge is -2.05. The van der Waals surface area contributed by atoms with Gasteiger partial charge in [-0.25, -0.2) is 14.2 Å². The van der Waals surface area contributed by atoms with Gasteiger partial charge in [0.15, 0.2) is 0 Å². The zero-order chi connectivity index (χ0) is 13.0. The molecule has 0 bridgehead atoms. The van der Waals surface area contributed by atoms with Crippen molar-refractivity contribution in [1.29, 1.82) is 0 Å². The molecule has 2 N–H and O–H groups in total. The fraction of sp³-hybridized carbons (Fsp3) is 0.0769. The molecule has 1 aromatic heterocycles. The highest BCUT2D eigenvalue weighted by Crippen LogP contribution is 2.10. The number of aromatic nitrogens is 1. The van der Waals surface area contributed by atoms with E-state index in [-0.39, 0.29) is 12.2 Å². The number of hydrogen-bond acceptors (Lipinski definition) is 4. The van der Waals surface area contributed by atoms with E-state index in [1.54, 1.807) is 18.2 Å². The number of rotatable bonds is 3. The molecule has 5 heteroatoms. The summed E-state index contributed by atoms with van der Waals surface area (Å²) in [5.74, 6) is -0.646. The third kappa shape index (κ3) is 2.82. The monoisotopic (exact) mass is 246 g/mol. The number of nitrogens with two attached hydrogens (primary N) is 1. The second-order valence-electron chi connectivity index (χ2n) is 3.64. The van der Waals surface area contributed by atoms with E-state index < -0.39 is 11.8 Å². The van der Waals surface area contributed by atoms with Crippen LogP contribution in [0.3, 0.4) is 0 Å². The number of nitrogens with zero attached hydrogens (tertiary/aromatic N) is 1. The summed E-state index contributed by atoms with van der Waals surface area (Å²) in [6.07, 6.45) is 1.32. The van der Waals surface area contributed by atoms with Crippen molar-refractivity contribution in [2.45, 2.75) is 6.61 Å². The number of nitrogen functional groups attached to an aromatic ring is 1. The number of hydrogen-bond donors (Lipinski definition) is 1. The average Bonchev–Trinajstić information content (AvgIpc) is 2.38. The molecule has 0 atom stereocenters. The Hall–Kier alpha value is -2.43. The zero-order valence-corrected chi connectivity index (χ0v) is 9.47. The minimum absolute atomic E-state index is 0.115. The van der Waals surface area contributed by atoms with E-state index in [0.717, 1.165) is 0 Å². The molecular weight excluding hydrogens is 235 g/mol. The first-order valence-corrected chi connectivity index (χ1v) is 5.29. The van der Waals surface area contributed by atoms with Gasteiger partial charge in [0.2, 0.25) is 0 Å². The second-order valence-corrected chi connectivity index (χ2v) is 3.64. The Morgan fingerprint density at radius 2 is 2.06 bits per heavy atom. The molecule has 0 saturated carbocycles. The minimum atomic E-state index is -0.564. The van der Waals surface area contributed by atoms with Crippen LogP contribution in [0.4, 0.5) is 10.2 Å². The van der Waals surface area contributed by atoms with Gasteiger partial charge in [0.1, 0.15) is 18.2 Å².